The van der Waals surface area contributed by atoms with Crippen LogP contribution in [0.3, 0.4) is 0 Å². The quantitative estimate of drug-likeness (QED) is 0.283. The van der Waals surface area contributed by atoms with Crippen LogP contribution in [0, 0.1) is 0 Å². The maximum Gasteiger partial charge on any atom is 0.292 e. The number of nitrogens with one attached hydrogen (secondary N) is 1. The Bertz CT molecular complexity index is 1120. The van der Waals surface area contributed by atoms with Crippen LogP contribution in [0.4, 0.5) is 5.82 Å². The molecule has 3 rings (SSSR count). The molecule has 1 amide bonds. The molecule has 4 N–H and O–H groups in total. The summed E-state index contributed by atoms with van der Waals surface area (Å²) in [7, 11) is 1.43. The molecule has 2 aromatic heterocycles. The van der Waals surface area contributed by atoms with Gasteiger partial charge in [-0.2, -0.15) is 9.78 Å². The Morgan fingerprint density at radius 3 is 2.78 bits per heavy atom. The van der Waals surface area contributed by atoms with E-state index >= 15 is 0 Å². The molecule has 1 aromatic carbocycles. The Kier molecular flexibility index (Phi) is 7.37. The van der Waals surface area contributed by atoms with Crippen molar-refractivity contribution in [1.29, 1.82) is 0 Å². The monoisotopic (exact) mass is 507 g/mol. The molecule has 13 nitrogen and oxygen atoms in total. The number of rotatable bonds is 9. The molecule has 0 atom stereocenters. The third kappa shape index (κ3) is 4.86. The molecule has 3 aromatic rings. The summed E-state index contributed by atoms with van der Waals surface area (Å²) >= 11 is 3.24. The van der Waals surface area contributed by atoms with E-state index in [1.807, 2.05) is 13.8 Å². The Hall–Kier alpha value is -3.52. The number of hydrogen-bond donors (Lipinski definition) is 3. The smallest absolute Gasteiger partial charge is 0.292 e. The SMILES string of the molecule is CCN(CC)Cc1nnn(-c2nonc2N)c1C(=O)NN=Cc1cc(Br)c(O)c(OC)c1. The molecule has 14 heteroatoms. The summed E-state index contributed by atoms with van der Waals surface area (Å²) in [6.07, 6.45) is 1.40. The minimum absolute atomic E-state index is 0.0384. The minimum atomic E-state index is -0.583. The maximum absolute atomic E-state index is 13.0. The number of aromatic hydroxyl groups is 1. The van der Waals surface area contributed by atoms with Gasteiger partial charge in [0, 0.05) is 6.54 Å². The van der Waals surface area contributed by atoms with E-state index in [1.165, 1.54) is 13.3 Å². The summed E-state index contributed by atoms with van der Waals surface area (Å²) in [5, 5.41) is 29.3. The maximum atomic E-state index is 13.0. The molecule has 0 aliphatic carbocycles. The van der Waals surface area contributed by atoms with Crippen LogP contribution in [-0.2, 0) is 6.54 Å². The molecule has 0 saturated carbocycles. The number of aromatic nitrogens is 5. The molecule has 32 heavy (non-hydrogen) atoms. The van der Waals surface area contributed by atoms with Gasteiger partial charge in [-0.25, -0.2) is 10.1 Å². The van der Waals surface area contributed by atoms with Crippen LogP contribution >= 0.6 is 15.9 Å². The number of amides is 1. The second-order valence-electron chi connectivity index (χ2n) is 6.48. The number of carbonyl (C=O) groups excluding carboxylic acids is 1. The lowest BCUT2D eigenvalue weighted by Gasteiger charge is -2.16. The number of nitrogens with two attached hydrogens (primary N) is 1. The fourth-order valence-electron chi connectivity index (χ4n) is 2.83. The standard InChI is InChI=1S/C18H22BrN9O4/c1-4-27(5-2)9-12-14(28(26-22-12)17-16(20)24-32-25-17)18(30)23-21-8-10-6-11(19)15(29)13(7-10)31-3/h6-8,29H,4-5,9H2,1-3H3,(H2,20,24)(H,23,30). The van der Waals surface area contributed by atoms with Crippen LogP contribution < -0.4 is 15.9 Å². The van der Waals surface area contributed by atoms with E-state index < -0.39 is 5.91 Å². The van der Waals surface area contributed by atoms with Gasteiger partial charge < -0.3 is 15.6 Å². The lowest BCUT2D eigenvalue weighted by Crippen LogP contribution is -2.27. The van der Waals surface area contributed by atoms with Crippen molar-refractivity contribution in [2.24, 2.45) is 5.10 Å². The largest absolute Gasteiger partial charge is 0.503 e. The number of nitrogen functional groups attached to an aromatic ring is 1. The number of methoxy groups -OCH3 is 1. The van der Waals surface area contributed by atoms with Crippen molar-refractivity contribution in [2.45, 2.75) is 20.4 Å². The average molecular weight is 508 g/mol. The first kappa shape index (κ1) is 23.1. The minimum Gasteiger partial charge on any atom is -0.503 e. The van der Waals surface area contributed by atoms with Crippen molar-refractivity contribution >= 4 is 33.9 Å². The molecule has 170 valence electrons. The van der Waals surface area contributed by atoms with Crippen LogP contribution in [0.1, 0.15) is 35.6 Å². The number of hydrazone groups is 1. The normalized spacial score (nSPS) is 11.4. The molecule has 0 spiro atoms. The summed E-state index contributed by atoms with van der Waals surface area (Å²) in [5.41, 5.74) is 9.31. The molecule has 0 aliphatic rings. The predicted molar refractivity (Wildman–Crippen MR) is 118 cm³/mol. The Morgan fingerprint density at radius 2 is 2.16 bits per heavy atom. The lowest BCUT2D eigenvalue weighted by molar-refractivity contribution is 0.0945. The van der Waals surface area contributed by atoms with E-state index in [9.17, 15) is 9.90 Å². The summed E-state index contributed by atoms with van der Waals surface area (Å²) in [6.45, 7) is 5.90. The highest BCUT2D eigenvalue weighted by atomic mass is 79.9. The van der Waals surface area contributed by atoms with Crippen molar-refractivity contribution < 1.29 is 19.3 Å². The average Bonchev–Trinajstić information content (AvgIpc) is 3.39. The van der Waals surface area contributed by atoms with E-state index in [1.54, 1.807) is 12.1 Å². The highest BCUT2D eigenvalue weighted by Crippen LogP contribution is 2.34. The molecule has 0 radical (unpaired) electrons. The number of carbonyl (C=O) groups is 1. The number of ether oxygens (including phenoxy) is 1. The number of nitrogens with zero attached hydrogens (tertiary/aromatic N) is 7. The molecule has 0 bridgehead atoms. The van der Waals surface area contributed by atoms with Crippen molar-refractivity contribution in [3.63, 3.8) is 0 Å². The topological polar surface area (TPSA) is 170 Å². The second-order valence-corrected chi connectivity index (χ2v) is 7.34. The summed E-state index contributed by atoms with van der Waals surface area (Å²) in [5.74, 6) is -0.360. The van der Waals surface area contributed by atoms with Gasteiger partial charge in [-0.1, -0.05) is 19.1 Å². The van der Waals surface area contributed by atoms with Gasteiger partial charge in [0.25, 0.3) is 5.91 Å². The number of halogens is 1. The van der Waals surface area contributed by atoms with Crippen LogP contribution in [0.15, 0.2) is 26.3 Å². The molecule has 0 saturated heterocycles. The first-order valence-electron chi connectivity index (χ1n) is 9.54. The van der Waals surface area contributed by atoms with Gasteiger partial charge in [-0.05, 0) is 57.0 Å². The van der Waals surface area contributed by atoms with Gasteiger partial charge in [0.1, 0.15) is 5.69 Å². The molecule has 0 unspecified atom stereocenters. The van der Waals surface area contributed by atoms with Gasteiger partial charge in [-0.3, -0.25) is 9.69 Å². The number of anilines is 1. The highest BCUT2D eigenvalue weighted by molar-refractivity contribution is 9.10. The zero-order valence-electron chi connectivity index (χ0n) is 17.6. The molecule has 0 fully saturated rings. The van der Waals surface area contributed by atoms with Crippen molar-refractivity contribution in [3.8, 4) is 17.3 Å². The van der Waals surface area contributed by atoms with Gasteiger partial charge >= 0.3 is 0 Å². The predicted octanol–water partition coefficient (Wildman–Crippen LogP) is 1.31. The van der Waals surface area contributed by atoms with Crippen molar-refractivity contribution in [2.75, 3.05) is 25.9 Å². The Labute approximate surface area is 191 Å². The summed E-state index contributed by atoms with van der Waals surface area (Å²) < 4.78 is 11.3. The second kappa shape index (κ2) is 10.2. The van der Waals surface area contributed by atoms with Gasteiger partial charge in [0.15, 0.2) is 17.2 Å². The first-order valence-corrected chi connectivity index (χ1v) is 10.3. The van der Waals surface area contributed by atoms with E-state index in [2.05, 4.69) is 56.6 Å². The van der Waals surface area contributed by atoms with E-state index in [-0.39, 0.29) is 28.8 Å². The zero-order valence-corrected chi connectivity index (χ0v) is 19.2. The van der Waals surface area contributed by atoms with E-state index in [0.717, 1.165) is 17.8 Å². The van der Waals surface area contributed by atoms with Gasteiger partial charge in [0.05, 0.1) is 17.8 Å². The number of benzene rings is 1. The zero-order chi connectivity index (χ0) is 23.3. The number of phenols is 1. The molecule has 0 aliphatic heterocycles. The van der Waals surface area contributed by atoms with Gasteiger partial charge in [0.2, 0.25) is 11.6 Å². The fraction of sp³-hybridized carbons (Fsp3) is 0.333. The number of phenolic OH excluding ortho intramolecular Hbond substituents is 1. The number of hydrogen-bond acceptors (Lipinski definition) is 11. The van der Waals surface area contributed by atoms with E-state index in [0.29, 0.717) is 22.3 Å². The van der Waals surface area contributed by atoms with E-state index in [4.69, 9.17) is 10.5 Å². The third-order valence-corrected chi connectivity index (χ3v) is 5.17. The van der Waals surface area contributed by atoms with Crippen LogP contribution in [-0.4, -0.2) is 67.6 Å². The van der Waals surface area contributed by atoms with Crippen LogP contribution in [0.5, 0.6) is 11.5 Å². The van der Waals surface area contributed by atoms with Crippen LogP contribution in [0.25, 0.3) is 5.82 Å². The molecular weight excluding hydrogens is 486 g/mol. The summed E-state index contributed by atoms with van der Waals surface area (Å²) in [6, 6.07) is 3.18. The van der Waals surface area contributed by atoms with Crippen LogP contribution in [0.2, 0.25) is 0 Å². The highest BCUT2D eigenvalue weighted by Gasteiger charge is 2.25. The Morgan fingerprint density at radius 1 is 1.41 bits per heavy atom. The molecular formula is C18H22BrN9O4. The van der Waals surface area contributed by atoms with Crippen molar-refractivity contribution in [3.05, 3.63) is 33.6 Å². The Balaban J connectivity index is 1.89. The molecule has 2 heterocycles. The third-order valence-electron chi connectivity index (χ3n) is 4.57. The lowest BCUT2D eigenvalue weighted by atomic mass is 10.2. The summed E-state index contributed by atoms with van der Waals surface area (Å²) in [4.78, 5) is 15.1. The first-order chi connectivity index (χ1) is 15.4. The van der Waals surface area contributed by atoms with Crippen molar-refractivity contribution in [1.82, 2.24) is 35.6 Å². The fourth-order valence-corrected chi connectivity index (χ4v) is 3.29. The van der Waals surface area contributed by atoms with Gasteiger partial charge in [-0.15, -0.1) is 5.10 Å².